The topological polar surface area (TPSA) is 95.9 Å². The summed E-state index contributed by atoms with van der Waals surface area (Å²) in [4.78, 5) is 24.5. The highest BCUT2D eigenvalue weighted by atomic mass is 16.5. The van der Waals surface area contributed by atoms with E-state index in [2.05, 4.69) is 19.2 Å². The Morgan fingerprint density at radius 2 is 0.621 bits per heavy atom. The van der Waals surface area contributed by atoms with Gasteiger partial charge in [-0.25, -0.2) is 0 Å². The first-order valence-corrected chi connectivity index (χ1v) is 30.3. The van der Waals surface area contributed by atoms with Crippen LogP contribution in [0.25, 0.3) is 0 Å². The Balaban J connectivity index is 3.42. The first kappa shape index (κ1) is 64.9. The molecule has 66 heavy (non-hydrogen) atoms. The fourth-order valence-corrected chi connectivity index (χ4v) is 9.76. The molecule has 0 saturated carbocycles. The van der Waals surface area contributed by atoms with E-state index in [1.54, 1.807) is 0 Å². The van der Waals surface area contributed by atoms with Crippen LogP contribution in [0.15, 0.2) is 0 Å². The zero-order valence-corrected chi connectivity index (χ0v) is 45.0. The third-order valence-corrected chi connectivity index (χ3v) is 14.4. The van der Waals surface area contributed by atoms with Gasteiger partial charge in [-0.2, -0.15) is 0 Å². The Hall–Kier alpha value is -1.14. The molecule has 3 N–H and O–H groups in total. The van der Waals surface area contributed by atoms with Gasteiger partial charge in [0.25, 0.3) is 0 Å². The van der Waals surface area contributed by atoms with Gasteiger partial charge >= 0.3 is 5.97 Å². The van der Waals surface area contributed by atoms with Crippen molar-refractivity contribution in [2.75, 3.05) is 13.2 Å². The lowest BCUT2D eigenvalue weighted by atomic mass is 10.0. The van der Waals surface area contributed by atoms with Crippen LogP contribution in [0.1, 0.15) is 348 Å². The van der Waals surface area contributed by atoms with Gasteiger partial charge in [-0.15, -0.1) is 0 Å². The van der Waals surface area contributed by atoms with Crippen LogP contribution in [0.5, 0.6) is 0 Å². The van der Waals surface area contributed by atoms with Gasteiger partial charge in [0.05, 0.1) is 25.4 Å². The Morgan fingerprint density at radius 3 is 0.924 bits per heavy atom. The fourth-order valence-electron chi connectivity index (χ4n) is 9.76. The van der Waals surface area contributed by atoms with E-state index in [0.29, 0.717) is 25.9 Å². The molecule has 394 valence electrons. The maximum absolute atomic E-state index is 12.5. The third kappa shape index (κ3) is 52.2. The maximum atomic E-state index is 12.5. The summed E-state index contributed by atoms with van der Waals surface area (Å²) in [5, 5.41) is 23.4. The molecule has 0 rings (SSSR count). The minimum atomic E-state index is -0.671. The summed E-state index contributed by atoms with van der Waals surface area (Å²) in [5.74, 6) is -0.0416. The van der Waals surface area contributed by atoms with E-state index >= 15 is 0 Å². The molecule has 0 aliphatic rings. The predicted octanol–water partition coefficient (Wildman–Crippen LogP) is 18.7. The number of hydrogen-bond donors (Lipinski definition) is 3. The maximum Gasteiger partial charge on any atom is 0.305 e. The fraction of sp³-hybridized carbons (Fsp3) is 0.967. The van der Waals surface area contributed by atoms with E-state index < -0.39 is 12.1 Å². The van der Waals surface area contributed by atoms with E-state index in [1.807, 2.05) is 0 Å². The number of unbranched alkanes of at least 4 members (excludes halogenated alkanes) is 46. The van der Waals surface area contributed by atoms with E-state index in [1.165, 1.54) is 263 Å². The van der Waals surface area contributed by atoms with Gasteiger partial charge in [0.2, 0.25) is 5.91 Å². The van der Waals surface area contributed by atoms with Crippen molar-refractivity contribution in [3.8, 4) is 0 Å². The first-order chi connectivity index (χ1) is 32.5. The number of aliphatic hydroxyl groups is 2. The quantitative estimate of drug-likeness (QED) is 0.0417. The van der Waals surface area contributed by atoms with E-state index in [0.717, 1.165) is 51.4 Å². The highest BCUT2D eigenvalue weighted by Crippen LogP contribution is 2.18. The molecule has 2 unspecified atom stereocenters. The van der Waals surface area contributed by atoms with Crippen molar-refractivity contribution in [2.45, 2.75) is 360 Å². The average Bonchev–Trinajstić information content (AvgIpc) is 3.32. The lowest BCUT2D eigenvalue weighted by Crippen LogP contribution is -2.45. The van der Waals surface area contributed by atoms with Crippen molar-refractivity contribution in [1.82, 2.24) is 5.32 Å². The van der Waals surface area contributed by atoms with Crippen LogP contribution in [0.3, 0.4) is 0 Å². The van der Waals surface area contributed by atoms with Crippen molar-refractivity contribution in [1.29, 1.82) is 0 Å². The monoisotopic (exact) mass is 934 g/mol. The van der Waals surface area contributed by atoms with Gasteiger partial charge < -0.3 is 20.3 Å². The second kappa shape index (κ2) is 56.4. The van der Waals surface area contributed by atoms with Gasteiger partial charge in [-0.05, 0) is 25.7 Å². The summed E-state index contributed by atoms with van der Waals surface area (Å²) < 4.78 is 5.46. The van der Waals surface area contributed by atoms with Gasteiger partial charge in [-0.3, -0.25) is 9.59 Å². The molecule has 0 aromatic heterocycles. The third-order valence-electron chi connectivity index (χ3n) is 14.4. The number of nitrogens with one attached hydrogen (secondary N) is 1. The summed E-state index contributed by atoms with van der Waals surface area (Å²) in [6.45, 7) is 4.96. The lowest BCUT2D eigenvalue weighted by Gasteiger charge is -2.22. The minimum Gasteiger partial charge on any atom is -0.466 e. The number of ether oxygens (including phenoxy) is 1. The largest absolute Gasteiger partial charge is 0.466 e. The van der Waals surface area contributed by atoms with Crippen LogP contribution in [0, 0.1) is 0 Å². The summed E-state index contributed by atoms with van der Waals surface area (Å²) in [6.07, 6.45) is 65.3. The van der Waals surface area contributed by atoms with Crippen molar-refractivity contribution in [2.24, 2.45) is 0 Å². The average molecular weight is 935 g/mol. The summed E-state index contributed by atoms with van der Waals surface area (Å²) in [5.41, 5.74) is 0. The molecule has 0 bridgehead atoms. The van der Waals surface area contributed by atoms with E-state index in [4.69, 9.17) is 4.74 Å². The minimum absolute atomic E-state index is 0.000994. The normalized spacial score (nSPS) is 12.5. The molecule has 0 aromatic carbocycles. The van der Waals surface area contributed by atoms with Crippen LogP contribution in [-0.4, -0.2) is 47.4 Å². The molecular formula is C60H119NO5. The van der Waals surface area contributed by atoms with Gasteiger partial charge in [0.15, 0.2) is 0 Å². The Bertz CT molecular complexity index is 944. The van der Waals surface area contributed by atoms with Crippen LogP contribution < -0.4 is 5.32 Å². The molecule has 0 spiro atoms. The number of rotatable bonds is 57. The second-order valence-corrected chi connectivity index (χ2v) is 21.1. The molecule has 0 heterocycles. The number of amides is 1. The number of carbonyl (C=O) groups excluding carboxylic acids is 2. The van der Waals surface area contributed by atoms with Crippen LogP contribution in [-0.2, 0) is 14.3 Å². The molecule has 0 fully saturated rings. The molecular weight excluding hydrogens is 815 g/mol. The van der Waals surface area contributed by atoms with E-state index in [-0.39, 0.29) is 18.5 Å². The Kier molecular flexibility index (Phi) is 55.5. The molecule has 0 aliphatic heterocycles. The standard InChI is InChI=1S/C60H119NO5/c1-3-5-7-9-11-13-15-16-17-18-19-20-21-22-23-24-25-26-29-33-36-40-44-48-52-58(63)57(56-62)61-59(64)53-49-45-41-37-34-30-27-28-31-35-39-43-47-51-55-66-60(65)54-50-46-42-38-32-14-12-10-8-6-4-2/h57-58,62-63H,3-56H2,1-2H3,(H,61,64). The molecule has 0 aliphatic carbocycles. The molecule has 2 atom stereocenters. The smallest absolute Gasteiger partial charge is 0.305 e. The van der Waals surface area contributed by atoms with Crippen LogP contribution in [0.2, 0.25) is 0 Å². The number of carbonyl (C=O) groups is 2. The van der Waals surface area contributed by atoms with Gasteiger partial charge in [0, 0.05) is 12.8 Å². The van der Waals surface area contributed by atoms with Crippen molar-refractivity contribution in [3.63, 3.8) is 0 Å². The summed E-state index contributed by atoms with van der Waals surface area (Å²) in [6, 6.07) is -0.549. The lowest BCUT2D eigenvalue weighted by molar-refractivity contribution is -0.143. The highest BCUT2D eigenvalue weighted by molar-refractivity contribution is 5.76. The van der Waals surface area contributed by atoms with Crippen LogP contribution >= 0.6 is 0 Å². The Morgan fingerprint density at radius 1 is 0.364 bits per heavy atom. The Labute approximate surface area is 413 Å². The zero-order chi connectivity index (χ0) is 47.9. The first-order valence-electron chi connectivity index (χ1n) is 30.3. The van der Waals surface area contributed by atoms with Crippen molar-refractivity contribution in [3.05, 3.63) is 0 Å². The molecule has 0 radical (unpaired) electrons. The van der Waals surface area contributed by atoms with Crippen LogP contribution in [0.4, 0.5) is 0 Å². The summed E-state index contributed by atoms with van der Waals surface area (Å²) >= 11 is 0. The van der Waals surface area contributed by atoms with Gasteiger partial charge in [-0.1, -0.05) is 309 Å². The van der Waals surface area contributed by atoms with Gasteiger partial charge in [0.1, 0.15) is 0 Å². The molecule has 6 heteroatoms. The SMILES string of the molecule is CCCCCCCCCCCCCCCCCCCCCCCCCCC(O)C(CO)NC(=O)CCCCCCCCCCCCCCCCOC(=O)CCCCCCCCCCCCC. The second-order valence-electron chi connectivity index (χ2n) is 21.1. The number of hydrogen-bond acceptors (Lipinski definition) is 5. The number of aliphatic hydroxyl groups excluding tert-OH is 2. The zero-order valence-electron chi connectivity index (χ0n) is 45.0. The predicted molar refractivity (Wildman–Crippen MR) is 287 cm³/mol. The summed E-state index contributed by atoms with van der Waals surface area (Å²) in [7, 11) is 0. The number of esters is 1. The van der Waals surface area contributed by atoms with E-state index in [9.17, 15) is 19.8 Å². The van der Waals surface area contributed by atoms with Crippen molar-refractivity contribution >= 4 is 11.9 Å². The molecule has 1 amide bonds. The molecule has 6 nitrogen and oxygen atoms in total. The highest BCUT2D eigenvalue weighted by Gasteiger charge is 2.20. The molecule has 0 aromatic rings. The van der Waals surface area contributed by atoms with Crippen molar-refractivity contribution < 1.29 is 24.5 Å². The molecule has 0 saturated heterocycles.